The number of rotatable bonds is 3. The van der Waals surface area contributed by atoms with Crippen LogP contribution in [0.5, 0.6) is 0 Å². The Hall–Kier alpha value is -1.17. The summed E-state index contributed by atoms with van der Waals surface area (Å²) in [6.45, 7) is 7.04. The number of thiophene rings is 1. The number of hydrogen-bond acceptors (Lipinski definition) is 4. The van der Waals surface area contributed by atoms with Crippen molar-refractivity contribution in [2.24, 2.45) is 0 Å². The van der Waals surface area contributed by atoms with Crippen molar-refractivity contribution >= 4 is 40.8 Å². The summed E-state index contributed by atoms with van der Waals surface area (Å²) >= 11 is 10.1. The molecular weight excluding hydrogens is 386 g/mol. The lowest BCUT2D eigenvalue weighted by atomic mass is 10.0. The first-order valence-electron chi connectivity index (χ1n) is 8.77. The van der Waals surface area contributed by atoms with Gasteiger partial charge in [-0.15, -0.1) is 23.1 Å². The maximum Gasteiger partial charge on any atom is 0.410 e. The molecule has 0 radical (unpaired) electrons. The first kappa shape index (κ1) is 19.6. The third-order valence-electron chi connectivity index (χ3n) is 4.18. The number of benzene rings is 1. The lowest BCUT2D eigenvalue weighted by Gasteiger charge is -2.26. The lowest BCUT2D eigenvalue weighted by Crippen LogP contribution is -2.38. The van der Waals surface area contributed by atoms with Crippen molar-refractivity contribution in [1.82, 2.24) is 4.90 Å². The van der Waals surface area contributed by atoms with Crippen molar-refractivity contribution in [2.75, 3.05) is 13.1 Å². The molecule has 140 valence electrons. The number of carbonyl (C=O) groups excluding carboxylic acids is 1. The van der Waals surface area contributed by atoms with Gasteiger partial charge in [0.15, 0.2) is 0 Å². The quantitative estimate of drug-likeness (QED) is 0.579. The number of halogens is 1. The predicted octanol–water partition coefficient (Wildman–Crippen LogP) is 6.03. The molecule has 1 amide bonds. The molecule has 1 aliphatic rings. The Morgan fingerprint density at radius 1 is 1.27 bits per heavy atom. The minimum Gasteiger partial charge on any atom is -0.444 e. The van der Waals surface area contributed by atoms with Crippen LogP contribution < -0.4 is 0 Å². The predicted molar refractivity (Wildman–Crippen MR) is 111 cm³/mol. The Bertz CT molecular complexity index is 769. The van der Waals surface area contributed by atoms with E-state index in [1.165, 1.54) is 16.0 Å². The summed E-state index contributed by atoms with van der Waals surface area (Å²) in [5.74, 6) is 0.920. The van der Waals surface area contributed by atoms with Gasteiger partial charge in [0.1, 0.15) is 5.60 Å². The molecule has 1 aromatic heterocycles. The van der Waals surface area contributed by atoms with Gasteiger partial charge in [-0.2, -0.15) is 0 Å². The number of carbonyl (C=O) groups is 1. The number of hydrogen-bond donors (Lipinski definition) is 0. The van der Waals surface area contributed by atoms with Crippen LogP contribution in [0.1, 0.15) is 36.8 Å². The summed E-state index contributed by atoms with van der Waals surface area (Å²) in [6, 6.07) is 8.32. The number of thioether (sulfide) groups is 1. The van der Waals surface area contributed by atoms with E-state index in [0.29, 0.717) is 13.1 Å². The summed E-state index contributed by atoms with van der Waals surface area (Å²) in [5, 5.41) is 2.90. The van der Waals surface area contributed by atoms with E-state index in [0.717, 1.165) is 28.5 Å². The molecule has 26 heavy (non-hydrogen) atoms. The highest BCUT2D eigenvalue weighted by Crippen LogP contribution is 2.37. The smallest absolute Gasteiger partial charge is 0.410 e. The van der Waals surface area contributed by atoms with Crippen molar-refractivity contribution in [3.63, 3.8) is 0 Å². The van der Waals surface area contributed by atoms with Gasteiger partial charge >= 0.3 is 6.09 Å². The number of amides is 1. The molecule has 1 aliphatic heterocycles. The fourth-order valence-corrected chi connectivity index (χ4v) is 5.24. The average molecular weight is 410 g/mol. The van der Waals surface area contributed by atoms with Gasteiger partial charge in [0.2, 0.25) is 0 Å². The van der Waals surface area contributed by atoms with Gasteiger partial charge < -0.3 is 9.64 Å². The third kappa shape index (κ3) is 4.96. The standard InChI is InChI=1S/C20H24ClNO2S2/c1-20(2,3)24-19(23)22-10-8-14-6-7-17(21)18(16(14)9-11-22)26-13-15-5-4-12-25-15/h4-7,12H,8-11,13H2,1-3H3. The van der Waals surface area contributed by atoms with E-state index >= 15 is 0 Å². The van der Waals surface area contributed by atoms with Crippen LogP contribution in [0.4, 0.5) is 4.79 Å². The van der Waals surface area contributed by atoms with Crippen molar-refractivity contribution < 1.29 is 9.53 Å². The van der Waals surface area contributed by atoms with Crippen molar-refractivity contribution in [3.05, 3.63) is 50.7 Å². The molecular formula is C20H24ClNO2S2. The van der Waals surface area contributed by atoms with E-state index in [4.69, 9.17) is 16.3 Å². The summed E-state index contributed by atoms with van der Waals surface area (Å²) in [5.41, 5.74) is 2.10. The molecule has 0 aliphatic carbocycles. The highest BCUT2D eigenvalue weighted by molar-refractivity contribution is 7.98. The second-order valence-electron chi connectivity index (χ2n) is 7.35. The van der Waals surface area contributed by atoms with Crippen LogP contribution in [-0.4, -0.2) is 29.7 Å². The maximum atomic E-state index is 12.4. The highest BCUT2D eigenvalue weighted by Gasteiger charge is 2.25. The SMILES string of the molecule is CC(C)(C)OC(=O)N1CCc2ccc(Cl)c(SCc3cccs3)c2CC1. The van der Waals surface area contributed by atoms with Crippen LogP contribution in [0.2, 0.25) is 5.02 Å². The van der Waals surface area contributed by atoms with Crippen molar-refractivity contribution in [1.29, 1.82) is 0 Å². The Balaban J connectivity index is 1.75. The van der Waals surface area contributed by atoms with E-state index in [1.807, 2.05) is 31.7 Å². The van der Waals surface area contributed by atoms with Gasteiger partial charge in [-0.1, -0.05) is 23.7 Å². The first-order valence-corrected chi connectivity index (χ1v) is 11.0. The van der Waals surface area contributed by atoms with Crippen LogP contribution in [0, 0.1) is 0 Å². The second-order valence-corrected chi connectivity index (χ2v) is 9.77. The molecule has 0 unspecified atom stereocenters. The Morgan fingerprint density at radius 3 is 2.73 bits per heavy atom. The second kappa shape index (κ2) is 8.24. The Labute approximate surface area is 168 Å². The zero-order valence-electron chi connectivity index (χ0n) is 15.4. The molecule has 2 heterocycles. The summed E-state index contributed by atoms with van der Waals surface area (Å²) in [4.78, 5) is 16.7. The minimum atomic E-state index is -0.471. The summed E-state index contributed by atoms with van der Waals surface area (Å²) in [7, 11) is 0. The van der Waals surface area contributed by atoms with Gasteiger partial charge in [-0.3, -0.25) is 0 Å². The molecule has 0 saturated carbocycles. The topological polar surface area (TPSA) is 29.5 Å². The van der Waals surface area contributed by atoms with Crippen LogP contribution in [0.25, 0.3) is 0 Å². The van der Waals surface area contributed by atoms with E-state index in [-0.39, 0.29) is 6.09 Å². The molecule has 0 saturated heterocycles. The lowest BCUT2D eigenvalue weighted by molar-refractivity contribution is 0.0258. The fraction of sp³-hybridized carbons (Fsp3) is 0.450. The number of fused-ring (bicyclic) bond motifs is 1. The van der Waals surface area contributed by atoms with Crippen LogP contribution in [0.3, 0.4) is 0 Å². The van der Waals surface area contributed by atoms with Crippen molar-refractivity contribution in [2.45, 2.75) is 49.9 Å². The summed E-state index contributed by atoms with van der Waals surface area (Å²) < 4.78 is 5.54. The fourth-order valence-electron chi connectivity index (χ4n) is 2.97. The Kier molecular flexibility index (Phi) is 6.21. The molecule has 0 N–H and O–H groups in total. The molecule has 2 aromatic rings. The largest absolute Gasteiger partial charge is 0.444 e. The molecule has 1 aromatic carbocycles. The highest BCUT2D eigenvalue weighted by atomic mass is 35.5. The molecule has 3 rings (SSSR count). The third-order valence-corrected chi connectivity index (χ3v) is 6.88. The van der Waals surface area contributed by atoms with E-state index < -0.39 is 5.60 Å². The number of ether oxygens (including phenoxy) is 1. The average Bonchev–Trinajstić information content (AvgIpc) is 2.97. The van der Waals surface area contributed by atoms with Gasteiger partial charge in [-0.05, 0) is 62.3 Å². The molecule has 3 nitrogen and oxygen atoms in total. The Morgan fingerprint density at radius 2 is 2.04 bits per heavy atom. The summed E-state index contributed by atoms with van der Waals surface area (Å²) in [6.07, 6.45) is 1.41. The van der Waals surface area contributed by atoms with Crippen molar-refractivity contribution in [3.8, 4) is 0 Å². The van der Waals surface area contributed by atoms with Gasteiger partial charge in [0.25, 0.3) is 0 Å². The monoisotopic (exact) mass is 409 g/mol. The molecule has 0 atom stereocenters. The zero-order chi connectivity index (χ0) is 18.7. The molecule has 6 heteroatoms. The molecule has 0 fully saturated rings. The minimum absolute atomic E-state index is 0.232. The first-order chi connectivity index (χ1) is 12.3. The van der Waals surface area contributed by atoms with E-state index in [9.17, 15) is 4.79 Å². The van der Waals surface area contributed by atoms with Gasteiger partial charge in [-0.25, -0.2) is 4.79 Å². The van der Waals surface area contributed by atoms with Gasteiger partial charge in [0, 0.05) is 28.6 Å². The van der Waals surface area contributed by atoms with Crippen LogP contribution in [-0.2, 0) is 23.3 Å². The maximum absolute atomic E-state index is 12.4. The van der Waals surface area contributed by atoms with Gasteiger partial charge in [0.05, 0.1) is 5.02 Å². The molecule has 0 bridgehead atoms. The van der Waals surface area contributed by atoms with E-state index in [2.05, 4.69) is 23.6 Å². The zero-order valence-corrected chi connectivity index (χ0v) is 17.8. The number of nitrogens with zero attached hydrogens (tertiary/aromatic N) is 1. The van der Waals surface area contributed by atoms with Crippen LogP contribution >= 0.6 is 34.7 Å². The van der Waals surface area contributed by atoms with Crippen LogP contribution in [0.15, 0.2) is 34.5 Å². The molecule has 0 spiro atoms. The normalized spacial score (nSPS) is 14.7. The van der Waals surface area contributed by atoms with E-state index in [1.54, 1.807) is 23.1 Å².